The molecule has 1 aliphatic rings. The van der Waals surface area contributed by atoms with E-state index < -0.39 is 0 Å². The smallest absolute Gasteiger partial charge is 0.223 e. The van der Waals surface area contributed by atoms with Crippen LogP contribution in [0.4, 0.5) is 0 Å². The lowest BCUT2D eigenvalue weighted by atomic mass is 9.87. The summed E-state index contributed by atoms with van der Waals surface area (Å²) in [6.07, 6.45) is 0. The fourth-order valence-corrected chi connectivity index (χ4v) is 3.04. The van der Waals surface area contributed by atoms with E-state index in [9.17, 15) is 4.79 Å². The zero-order valence-corrected chi connectivity index (χ0v) is 14.2. The molecule has 1 aliphatic heterocycles. The molecule has 2 aromatic carbocycles. The second-order valence-electron chi connectivity index (χ2n) is 6.30. The van der Waals surface area contributed by atoms with Crippen LogP contribution in [0.5, 0.6) is 5.75 Å². The molecule has 0 spiro atoms. The van der Waals surface area contributed by atoms with Gasteiger partial charge in [0.15, 0.2) is 0 Å². The predicted molar refractivity (Wildman–Crippen MR) is 94.9 cm³/mol. The van der Waals surface area contributed by atoms with Crippen LogP contribution in [0.15, 0.2) is 54.6 Å². The van der Waals surface area contributed by atoms with Crippen molar-refractivity contribution in [1.29, 1.82) is 0 Å². The summed E-state index contributed by atoms with van der Waals surface area (Å²) < 4.78 is 5.51. The van der Waals surface area contributed by atoms with Gasteiger partial charge in [0.25, 0.3) is 0 Å². The summed E-state index contributed by atoms with van der Waals surface area (Å²) in [4.78, 5) is 12.8. The van der Waals surface area contributed by atoms with Gasteiger partial charge in [0, 0.05) is 11.5 Å². The molecule has 1 heterocycles. The largest absolute Gasteiger partial charge is 0.496 e. The Hall–Kier alpha value is -2.33. The molecule has 4 heteroatoms. The van der Waals surface area contributed by atoms with Crippen molar-refractivity contribution in [2.75, 3.05) is 20.2 Å². The Morgan fingerprint density at radius 1 is 1.12 bits per heavy atom. The van der Waals surface area contributed by atoms with E-state index >= 15 is 0 Å². The number of methoxy groups -OCH3 is 1. The lowest BCUT2D eigenvalue weighted by molar-refractivity contribution is -0.127. The second kappa shape index (κ2) is 7.49. The minimum absolute atomic E-state index is 0.00725. The van der Waals surface area contributed by atoms with Crippen molar-refractivity contribution in [2.24, 2.45) is 11.8 Å². The summed E-state index contributed by atoms with van der Waals surface area (Å²) in [5, 5.41) is 6.46. The lowest BCUT2D eigenvalue weighted by Crippen LogP contribution is -2.50. The Morgan fingerprint density at radius 2 is 1.79 bits per heavy atom. The molecule has 2 aromatic rings. The van der Waals surface area contributed by atoms with Crippen molar-refractivity contribution < 1.29 is 9.53 Å². The standard InChI is InChI=1S/C20H24N2O2/c1-14(16-12-21-13-16)20(23)22-19(15-8-4-3-5-9-15)17-10-6-7-11-18(17)24-2/h3-11,14,16,19,21H,12-13H2,1-2H3,(H,22,23). The fourth-order valence-electron chi connectivity index (χ4n) is 3.04. The molecule has 1 amide bonds. The average Bonchev–Trinajstić information content (AvgIpc) is 2.58. The molecule has 1 saturated heterocycles. The zero-order valence-electron chi connectivity index (χ0n) is 14.2. The topological polar surface area (TPSA) is 50.4 Å². The van der Waals surface area contributed by atoms with E-state index in [1.165, 1.54) is 0 Å². The maximum Gasteiger partial charge on any atom is 0.223 e. The maximum atomic E-state index is 12.8. The number of ether oxygens (including phenoxy) is 1. The maximum absolute atomic E-state index is 12.8. The van der Waals surface area contributed by atoms with E-state index in [1.807, 2.05) is 61.5 Å². The first kappa shape index (κ1) is 16.5. The Balaban J connectivity index is 1.89. The van der Waals surface area contributed by atoms with Gasteiger partial charge in [0.2, 0.25) is 5.91 Å². The third kappa shape index (κ3) is 3.44. The fraction of sp³-hybridized carbons (Fsp3) is 0.350. The summed E-state index contributed by atoms with van der Waals surface area (Å²) in [6.45, 7) is 3.84. The molecule has 0 bridgehead atoms. The van der Waals surface area contributed by atoms with Crippen LogP contribution in [0.3, 0.4) is 0 Å². The van der Waals surface area contributed by atoms with Gasteiger partial charge in [-0.05, 0) is 30.6 Å². The van der Waals surface area contributed by atoms with Crippen molar-refractivity contribution >= 4 is 5.91 Å². The number of carbonyl (C=O) groups excluding carboxylic acids is 1. The molecule has 0 radical (unpaired) electrons. The minimum Gasteiger partial charge on any atom is -0.496 e. The van der Waals surface area contributed by atoms with Crippen molar-refractivity contribution in [3.63, 3.8) is 0 Å². The number of amides is 1. The molecule has 2 N–H and O–H groups in total. The Bertz CT molecular complexity index is 683. The van der Waals surface area contributed by atoms with E-state index in [0.717, 1.165) is 30.0 Å². The van der Waals surface area contributed by atoms with Crippen LogP contribution in [0, 0.1) is 11.8 Å². The van der Waals surface area contributed by atoms with E-state index in [4.69, 9.17) is 4.74 Å². The molecule has 126 valence electrons. The lowest BCUT2D eigenvalue weighted by Gasteiger charge is -2.33. The highest BCUT2D eigenvalue weighted by Crippen LogP contribution is 2.30. The van der Waals surface area contributed by atoms with E-state index in [0.29, 0.717) is 5.92 Å². The number of hydrogen-bond donors (Lipinski definition) is 2. The summed E-state index contributed by atoms with van der Waals surface area (Å²) in [6, 6.07) is 17.7. The SMILES string of the molecule is COc1ccccc1C(NC(=O)C(C)C1CNC1)c1ccccc1. The van der Waals surface area contributed by atoms with E-state index in [2.05, 4.69) is 10.6 Å². The van der Waals surface area contributed by atoms with Crippen molar-refractivity contribution in [2.45, 2.75) is 13.0 Å². The highest BCUT2D eigenvalue weighted by Gasteiger charge is 2.30. The Morgan fingerprint density at radius 3 is 2.42 bits per heavy atom. The van der Waals surface area contributed by atoms with Crippen LogP contribution in [0.1, 0.15) is 24.1 Å². The van der Waals surface area contributed by atoms with Crippen LogP contribution in [-0.4, -0.2) is 26.1 Å². The van der Waals surface area contributed by atoms with E-state index in [-0.39, 0.29) is 17.9 Å². The minimum atomic E-state index is -0.217. The van der Waals surface area contributed by atoms with Crippen LogP contribution in [-0.2, 0) is 4.79 Å². The second-order valence-corrected chi connectivity index (χ2v) is 6.30. The van der Waals surface area contributed by atoms with Gasteiger partial charge in [-0.25, -0.2) is 0 Å². The Kier molecular flexibility index (Phi) is 5.16. The summed E-state index contributed by atoms with van der Waals surface area (Å²) in [5.74, 6) is 1.28. The van der Waals surface area contributed by atoms with Gasteiger partial charge in [-0.1, -0.05) is 55.5 Å². The van der Waals surface area contributed by atoms with Crippen LogP contribution in [0.2, 0.25) is 0 Å². The molecule has 0 aliphatic carbocycles. The van der Waals surface area contributed by atoms with Gasteiger partial charge in [-0.3, -0.25) is 4.79 Å². The molecule has 2 unspecified atom stereocenters. The highest BCUT2D eigenvalue weighted by atomic mass is 16.5. The number of rotatable bonds is 6. The first-order chi connectivity index (χ1) is 11.7. The molecular weight excluding hydrogens is 300 g/mol. The Labute approximate surface area is 143 Å². The summed E-state index contributed by atoms with van der Waals surface area (Å²) in [7, 11) is 1.66. The molecular formula is C20H24N2O2. The average molecular weight is 324 g/mol. The van der Waals surface area contributed by atoms with Gasteiger partial charge < -0.3 is 15.4 Å². The summed E-state index contributed by atoms with van der Waals surface area (Å²) >= 11 is 0. The molecule has 0 saturated carbocycles. The third-order valence-electron chi connectivity index (χ3n) is 4.80. The third-order valence-corrected chi connectivity index (χ3v) is 4.80. The molecule has 0 aromatic heterocycles. The van der Waals surface area contributed by atoms with Gasteiger partial charge in [-0.15, -0.1) is 0 Å². The van der Waals surface area contributed by atoms with Crippen LogP contribution >= 0.6 is 0 Å². The normalized spacial score (nSPS) is 16.8. The number of nitrogens with one attached hydrogen (secondary N) is 2. The number of para-hydroxylation sites is 1. The number of hydrogen-bond acceptors (Lipinski definition) is 3. The van der Waals surface area contributed by atoms with Crippen molar-refractivity contribution in [3.8, 4) is 5.75 Å². The van der Waals surface area contributed by atoms with Gasteiger partial charge in [-0.2, -0.15) is 0 Å². The first-order valence-electron chi connectivity index (χ1n) is 8.39. The molecule has 3 rings (SSSR count). The molecule has 1 fully saturated rings. The van der Waals surface area contributed by atoms with Crippen LogP contribution < -0.4 is 15.4 Å². The summed E-state index contributed by atoms with van der Waals surface area (Å²) in [5.41, 5.74) is 2.02. The molecule has 2 atom stereocenters. The monoisotopic (exact) mass is 324 g/mol. The molecule has 4 nitrogen and oxygen atoms in total. The van der Waals surface area contributed by atoms with E-state index in [1.54, 1.807) is 7.11 Å². The van der Waals surface area contributed by atoms with Crippen molar-refractivity contribution in [3.05, 3.63) is 65.7 Å². The quantitative estimate of drug-likeness (QED) is 0.859. The molecule has 24 heavy (non-hydrogen) atoms. The first-order valence-corrected chi connectivity index (χ1v) is 8.39. The van der Waals surface area contributed by atoms with Gasteiger partial charge in [0.1, 0.15) is 5.75 Å². The van der Waals surface area contributed by atoms with Gasteiger partial charge in [0.05, 0.1) is 13.2 Å². The predicted octanol–water partition coefficient (Wildman–Crippen LogP) is 2.76. The number of carbonyl (C=O) groups is 1. The van der Waals surface area contributed by atoms with Crippen LogP contribution in [0.25, 0.3) is 0 Å². The number of benzene rings is 2. The zero-order chi connectivity index (χ0) is 16.9. The van der Waals surface area contributed by atoms with Crippen molar-refractivity contribution in [1.82, 2.24) is 10.6 Å². The highest BCUT2D eigenvalue weighted by molar-refractivity contribution is 5.80. The van der Waals surface area contributed by atoms with Gasteiger partial charge >= 0.3 is 0 Å².